The minimum atomic E-state index is 0.102. The van der Waals surface area contributed by atoms with Gasteiger partial charge in [0.15, 0.2) is 0 Å². The molecule has 2 amide bonds. The third kappa shape index (κ3) is 2.68. The molecule has 1 aliphatic carbocycles. The lowest BCUT2D eigenvalue weighted by Crippen LogP contribution is -2.59. The molecule has 0 bridgehead atoms. The molecule has 3 fully saturated rings. The number of nitrogens with one attached hydrogen (secondary N) is 1. The minimum absolute atomic E-state index is 0.102. The zero-order chi connectivity index (χ0) is 14.1. The van der Waals surface area contributed by atoms with Crippen LogP contribution in [0.15, 0.2) is 0 Å². The van der Waals surface area contributed by atoms with Crippen LogP contribution in [-0.4, -0.2) is 60.4 Å². The molecule has 2 saturated heterocycles. The van der Waals surface area contributed by atoms with E-state index in [2.05, 4.69) is 12.2 Å². The van der Waals surface area contributed by atoms with Crippen molar-refractivity contribution in [3.8, 4) is 0 Å². The summed E-state index contributed by atoms with van der Waals surface area (Å²) in [5.41, 5.74) is 0. The van der Waals surface area contributed by atoms with E-state index < -0.39 is 0 Å². The van der Waals surface area contributed by atoms with Gasteiger partial charge in [-0.15, -0.1) is 0 Å². The summed E-state index contributed by atoms with van der Waals surface area (Å²) in [6.07, 6.45) is 4.72. The summed E-state index contributed by atoms with van der Waals surface area (Å²) in [5, 5.41) is 3.11. The summed E-state index contributed by atoms with van der Waals surface area (Å²) in [5.74, 6) is 1.21. The van der Waals surface area contributed by atoms with Crippen LogP contribution >= 0.6 is 0 Å². The van der Waals surface area contributed by atoms with E-state index in [9.17, 15) is 9.59 Å². The molecule has 1 saturated carbocycles. The summed E-state index contributed by atoms with van der Waals surface area (Å²) >= 11 is 0. The van der Waals surface area contributed by atoms with Crippen molar-refractivity contribution in [2.45, 2.75) is 38.6 Å². The van der Waals surface area contributed by atoms with Gasteiger partial charge in [0.2, 0.25) is 11.8 Å². The number of nitrogens with zero attached hydrogens (tertiary/aromatic N) is 2. The Hall–Kier alpha value is -1.10. The average molecular weight is 279 g/mol. The van der Waals surface area contributed by atoms with Crippen molar-refractivity contribution >= 4 is 11.8 Å². The second-order valence-corrected chi connectivity index (χ2v) is 6.62. The molecule has 0 unspecified atom stereocenters. The third-order valence-corrected chi connectivity index (χ3v) is 5.13. The Morgan fingerprint density at radius 1 is 1.15 bits per heavy atom. The highest BCUT2D eigenvalue weighted by molar-refractivity contribution is 5.87. The molecule has 2 heterocycles. The van der Waals surface area contributed by atoms with Gasteiger partial charge in [0.05, 0.1) is 12.5 Å². The van der Waals surface area contributed by atoms with Crippen LogP contribution in [-0.2, 0) is 9.59 Å². The van der Waals surface area contributed by atoms with Crippen molar-refractivity contribution in [1.82, 2.24) is 15.1 Å². The maximum Gasteiger partial charge on any atom is 0.242 e. The van der Waals surface area contributed by atoms with E-state index in [0.717, 1.165) is 38.4 Å². The molecule has 0 aromatic rings. The van der Waals surface area contributed by atoms with Crippen LogP contribution in [0.3, 0.4) is 0 Å². The lowest BCUT2D eigenvalue weighted by molar-refractivity contribution is -0.150. The standard InChI is InChI=1S/C15H25N3O2/c1-11-2-4-13(5-3-11)18-7-6-17(10-14(18)19)15(20)12-8-16-9-12/h11-13,16H,2-10H2,1H3. The average Bonchev–Trinajstić information content (AvgIpc) is 2.38. The fourth-order valence-electron chi connectivity index (χ4n) is 3.54. The normalized spacial score (nSPS) is 32.1. The van der Waals surface area contributed by atoms with Crippen molar-refractivity contribution in [2.75, 3.05) is 32.7 Å². The van der Waals surface area contributed by atoms with Gasteiger partial charge in [-0.1, -0.05) is 6.92 Å². The zero-order valence-electron chi connectivity index (χ0n) is 12.3. The van der Waals surface area contributed by atoms with Gasteiger partial charge >= 0.3 is 0 Å². The van der Waals surface area contributed by atoms with E-state index in [1.54, 1.807) is 4.90 Å². The third-order valence-electron chi connectivity index (χ3n) is 5.13. The molecule has 0 aromatic heterocycles. The number of hydrogen-bond acceptors (Lipinski definition) is 3. The lowest BCUT2D eigenvalue weighted by Gasteiger charge is -2.42. The molecule has 20 heavy (non-hydrogen) atoms. The Balaban J connectivity index is 1.54. The molecule has 0 radical (unpaired) electrons. The highest BCUT2D eigenvalue weighted by Gasteiger charge is 2.36. The van der Waals surface area contributed by atoms with E-state index >= 15 is 0 Å². The van der Waals surface area contributed by atoms with Crippen LogP contribution in [0.1, 0.15) is 32.6 Å². The van der Waals surface area contributed by atoms with E-state index in [1.807, 2.05) is 4.90 Å². The Morgan fingerprint density at radius 2 is 1.85 bits per heavy atom. The SMILES string of the molecule is CC1CCC(N2CCN(C(=O)C3CNC3)CC2=O)CC1. The Bertz CT molecular complexity index is 387. The van der Waals surface area contributed by atoms with Crippen molar-refractivity contribution in [3.05, 3.63) is 0 Å². The number of piperazine rings is 1. The molecular formula is C15H25N3O2. The molecule has 112 valence electrons. The van der Waals surface area contributed by atoms with Gasteiger partial charge in [-0.2, -0.15) is 0 Å². The van der Waals surface area contributed by atoms with Gasteiger partial charge in [-0.05, 0) is 31.6 Å². The maximum atomic E-state index is 12.3. The Morgan fingerprint density at radius 3 is 2.40 bits per heavy atom. The highest BCUT2D eigenvalue weighted by Crippen LogP contribution is 2.28. The molecule has 0 spiro atoms. The summed E-state index contributed by atoms with van der Waals surface area (Å²) in [6.45, 7) is 5.57. The molecule has 3 rings (SSSR count). The topological polar surface area (TPSA) is 52.6 Å². The molecule has 2 aliphatic heterocycles. The fraction of sp³-hybridized carbons (Fsp3) is 0.867. The fourth-order valence-corrected chi connectivity index (χ4v) is 3.54. The highest BCUT2D eigenvalue weighted by atomic mass is 16.2. The predicted octanol–water partition coefficient (Wildman–Crippen LogP) is 0.455. The number of rotatable bonds is 2. The van der Waals surface area contributed by atoms with Crippen LogP contribution in [0.2, 0.25) is 0 Å². The number of hydrogen-bond donors (Lipinski definition) is 1. The van der Waals surface area contributed by atoms with Crippen LogP contribution < -0.4 is 5.32 Å². The lowest BCUT2D eigenvalue weighted by atomic mass is 9.86. The molecule has 5 heteroatoms. The summed E-state index contributed by atoms with van der Waals surface area (Å²) in [6, 6.07) is 0.418. The van der Waals surface area contributed by atoms with Gasteiger partial charge in [0.25, 0.3) is 0 Å². The van der Waals surface area contributed by atoms with Crippen LogP contribution in [0, 0.1) is 11.8 Å². The van der Waals surface area contributed by atoms with Crippen LogP contribution in [0.25, 0.3) is 0 Å². The first-order valence-electron chi connectivity index (χ1n) is 7.94. The summed E-state index contributed by atoms with van der Waals surface area (Å²) in [4.78, 5) is 28.3. The van der Waals surface area contributed by atoms with Crippen molar-refractivity contribution in [2.24, 2.45) is 11.8 Å². The quantitative estimate of drug-likeness (QED) is 0.799. The molecular weight excluding hydrogens is 254 g/mol. The smallest absolute Gasteiger partial charge is 0.242 e. The Labute approximate surface area is 120 Å². The van der Waals surface area contributed by atoms with Gasteiger partial charge < -0.3 is 15.1 Å². The first-order chi connectivity index (χ1) is 9.65. The first-order valence-corrected chi connectivity index (χ1v) is 7.94. The predicted molar refractivity (Wildman–Crippen MR) is 76.1 cm³/mol. The summed E-state index contributed by atoms with van der Waals surface area (Å²) < 4.78 is 0. The van der Waals surface area contributed by atoms with E-state index in [1.165, 1.54) is 12.8 Å². The maximum absolute atomic E-state index is 12.3. The molecule has 1 N–H and O–H groups in total. The minimum Gasteiger partial charge on any atom is -0.336 e. The van der Waals surface area contributed by atoms with Gasteiger partial charge in [-0.25, -0.2) is 0 Å². The Kier molecular flexibility index (Phi) is 3.96. The molecule has 0 aromatic carbocycles. The number of amides is 2. The largest absolute Gasteiger partial charge is 0.336 e. The van der Waals surface area contributed by atoms with Crippen LogP contribution in [0.5, 0.6) is 0 Å². The first kappa shape index (κ1) is 13.9. The molecule has 5 nitrogen and oxygen atoms in total. The number of carbonyl (C=O) groups is 2. The molecule has 3 aliphatic rings. The van der Waals surface area contributed by atoms with Gasteiger partial charge in [0, 0.05) is 32.2 Å². The second kappa shape index (κ2) is 5.72. The van der Waals surface area contributed by atoms with Gasteiger partial charge in [-0.3, -0.25) is 9.59 Å². The monoisotopic (exact) mass is 279 g/mol. The van der Waals surface area contributed by atoms with Gasteiger partial charge in [0.1, 0.15) is 0 Å². The zero-order valence-corrected chi connectivity index (χ0v) is 12.3. The van der Waals surface area contributed by atoms with Crippen molar-refractivity contribution in [1.29, 1.82) is 0 Å². The summed E-state index contributed by atoms with van der Waals surface area (Å²) in [7, 11) is 0. The van der Waals surface area contributed by atoms with E-state index in [-0.39, 0.29) is 17.7 Å². The van der Waals surface area contributed by atoms with E-state index in [4.69, 9.17) is 0 Å². The van der Waals surface area contributed by atoms with Crippen LogP contribution in [0.4, 0.5) is 0 Å². The van der Waals surface area contributed by atoms with Crippen molar-refractivity contribution in [3.63, 3.8) is 0 Å². The number of carbonyl (C=O) groups excluding carboxylic acids is 2. The van der Waals surface area contributed by atoms with Crippen molar-refractivity contribution < 1.29 is 9.59 Å². The van der Waals surface area contributed by atoms with E-state index in [0.29, 0.717) is 19.1 Å². The second-order valence-electron chi connectivity index (χ2n) is 6.62. The molecule has 0 atom stereocenters.